The molecule has 1 aromatic rings. The first kappa shape index (κ1) is 15.9. The standard InChI is InChI=1S/C12H16N2O5S2/c15-11(14-5-1-2-6-14)3-4-13-21(18,19)9-7-10(12(16)17)20-8-9/h7-8,13H,1-6H2,(H,16,17). The molecule has 9 heteroatoms. The highest BCUT2D eigenvalue weighted by molar-refractivity contribution is 7.89. The van der Waals surface area contributed by atoms with Crippen molar-refractivity contribution in [2.45, 2.75) is 24.2 Å². The molecule has 2 heterocycles. The summed E-state index contributed by atoms with van der Waals surface area (Å²) in [6, 6.07) is 1.11. The number of hydrogen-bond donors (Lipinski definition) is 2. The third kappa shape index (κ3) is 4.02. The predicted molar refractivity (Wildman–Crippen MR) is 76.9 cm³/mol. The SMILES string of the molecule is O=C(O)c1cc(S(=O)(=O)NCCC(=O)N2CCCC2)cs1. The van der Waals surface area contributed by atoms with Gasteiger partial charge in [0.1, 0.15) is 4.88 Å². The van der Waals surface area contributed by atoms with Crippen LogP contribution in [-0.4, -0.2) is 49.9 Å². The Kier molecular flexibility index (Phi) is 4.96. The van der Waals surface area contributed by atoms with E-state index in [2.05, 4.69) is 4.72 Å². The molecule has 0 bridgehead atoms. The van der Waals surface area contributed by atoms with E-state index in [0.29, 0.717) is 0 Å². The minimum atomic E-state index is -3.77. The van der Waals surface area contributed by atoms with E-state index in [1.165, 1.54) is 5.38 Å². The summed E-state index contributed by atoms with van der Waals surface area (Å²) in [5.41, 5.74) is 0. The summed E-state index contributed by atoms with van der Waals surface area (Å²) in [6.45, 7) is 1.48. The Balaban J connectivity index is 1.88. The molecule has 1 aliphatic rings. The van der Waals surface area contributed by atoms with Gasteiger partial charge >= 0.3 is 5.97 Å². The zero-order chi connectivity index (χ0) is 15.5. The second-order valence-electron chi connectivity index (χ2n) is 4.69. The van der Waals surface area contributed by atoms with E-state index in [4.69, 9.17) is 5.11 Å². The number of carboxylic acid groups (broad SMARTS) is 1. The maximum atomic E-state index is 11.9. The fraction of sp³-hybridized carbons (Fsp3) is 0.500. The molecular formula is C12H16N2O5S2. The lowest BCUT2D eigenvalue weighted by Crippen LogP contribution is -2.32. The number of aromatic carboxylic acids is 1. The van der Waals surface area contributed by atoms with Crippen molar-refractivity contribution in [3.8, 4) is 0 Å². The van der Waals surface area contributed by atoms with E-state index in [1.807, 2.05) is 0 Å². The van der Waals surface area contributed by atoms with Crippen LogP contribution in [-0.2, 0) is 14.8 Å². The van der Waals surface area contributed by atoms with Gasteiger partial charge in [-0.15, -0.1) is 11.3 Å². The predicted octanol–water partition coefficient (Wildman–Crippen LogP) is 0.737. The molecule has 2 N–H and O–H groups in total. The molecule has 7 nitrogen and oxygen atoms in total. The van der Waals surface area contributed by atoms with Crippen LogP contribution in [0.5, 0.6) is 0 Å². The molecule has 2 rings (SSSR count). The van der Waals surface area contributed by atoms with Gasteiger partial charge in [0.25, 0.3) is 0 Å². The smallest absolute Gasteiger partial charge is 0.345 e. The van der Waals surface area contributed by atoms with Gasteiger partial charge in [-0.1, -0.05) is 0 Å². The summed E-state index contributed by atoms with van der Waals surface area (Å²) < 4.78 is 26.2. The van der Waals surface area contributed by atoms with Gasteiger partial charge in [0.05, 0.1) is 4.90 Å². The minimum absolute atomic E-state index is 0.00984. The highest BCUT2D eigenvalue weighted by atomic mass is 32.2. The molecule has 116 valence electrons. The average molecular weight is 332 g/mol. The van der Waals surface area contributed by atoms with Crippen LogP contribution in [0.3, 0.4) is 0 Å². The summed E-state index contributed by atoms with van der Waals surface area (Å²) in [5.74, 6) is -1.22. The quantitative estimate of drug-likeness (QED) is 0.799. The first-order valence-corrected chi connectivity index (χ1v) is 8.86. The molecule has 0 atom stereocenters. The summed E-state index contributed by atoms with van der Waals surface area (Å²) in [5, 5.41) is 10.1. The Labute approximate surface area is 126 Å². The van der Waals surface area contributed by atoms with Crippen LogP contribution < -0.4 is 4.72 Å². The van der Waals surface area contributed by atoms with Gasteiger partial charge < -0.3 is 10.0 Å². The van der Waals surface area contributed by atoms with Crippen LogP contribution in [0, 0.1) is 0 Å². The highest BCUT2D eigenvalue weighted by Crippen LogP contribution is 2.19. The number of carbonyl (C=O) groups is 2. The maximum Gasteiger partial charge on any atom is 0.345 e. The van der Waals surface area contributed by atoms with Crippen molar-refractivity contribution in [3.05, 3.63) is 16.3 Å². The topological polar surface area (TPSA) is 104 Å². The molecule has 1 saturated heterocycles. The van der Waals surface area contributed by atoms with E-state index in [1.54, 1.807) is 4.90 Å². The summed E-state index contributed by atoms with van der Waals surface area (Å²) in [6.07, 6.45) is 2.09. The Hall–Kier alpha value is -1.45. The lowest BCUT2D eigenvalue weighted by atomic mass is 10.4. The summed E-state index contributed by atoms with van der Waals surface area (Å²) in [4.78, 5) is 24.1. The lowest BCUT2D eigenvalue weighted by molar-refractivity contribution is -0.129. The van der Waals surface area contributed by atoms with Crippen LogP contribution in [0.2, 0.25) is 0 Å². The number of amides is 1. The van der Waals surface area contributed by atoms with Gasteiger partial charge in [-0.2, -0.15) is 0 Å². The van der Waals surface area contributed by atoms with Crippen LogP contribution in [0.1, 0.15) is 28.9 Å². The van der Waals surface area contributed by atoms with Crippen LogP contribution in [0.25, 0.3) is 0 Å². The van der Waals surface area contributed by atoms with Crippen molar-refractivity contribution in [1.29, 1.82) is 0 Å². The third-order valence-corrected chi connectivity index (χ3v) is 5.69. The van der Waals surface area contributed by atoms with Gasteiger partial charge in [0, 0.05) is 31.4 Å². The minimum Gasteiger partial charge on any atom is -0.477 e. The number of hydrogen-bond acceptors (Lipinski definition) is 5. The molecule has 0 saturated carbocycles. The van der Waals surface area contributed by atoms with E-state index < -0.39 is 16.0 Å². The molecule has 0 aliphatic carbocycles. The Morgan fingerprint density at radius 2 is 2.00 bits per heavy atom. The summed E-state index contributed by atoms with van der Waals surface area (Å²) >= 11 is 0.851. The summed E-state index contributed by atoms with van der Waals surface area (Å²) in [7, 11) is -3.77. The van der Waals surface area contributed by atoms with Gasteiger partial charge in [-0.3, -0.25) is 4.79 Å². The van der Waals surface area contributed by atoms with E-state index in [-0.39, 0.29) is 28.6 Å². The van der Waals surface area contributed by atoms with Gasteiger partial charge in [-0.25, -0.2) is 17.9 Å². The Morgan fingerprint density at radius 1 is 1.33 bits per heavy atom. The first-order valence-electron chi connectivity index (χ1n) is 6.49. The second-order valence-corrected chi connectivity index (χ2v) is 7.37. The van der Waals surface area contributed by atoms with Crippen molar-refractivity contribution < 1.29 is 23.1 Å². The Morgan fingerprint density at radius 3 is 2.57 bits per heavy atom. The first-order chi connectivity index (χ1) is 9.90. The van der Waals surface area contributed by atoms with E-state index in [0.717, 1.165) is 43.3 Å². The number of carboxylic acids is 1. The van der Waals surface area contributed by atoms with Crippen LogP contribution in [0.15, 0.2) is 16.3 Å². The molecule has 0 unspecified atom stereocenters. The van der Waals surface area contributed by atoms with E-state index in [9.17, 15) is 18.0 Å². The average Bonchev–Trinajstić information content (AvgIpc) is 3.10. The van der Waals surface area contributed by atoms with Crippen molar-refractivity contribution in [1.82, 2.24) is 9.62 Å². The third-order valence-electron chi connectivity index (χ3n) is 3.19. The largest absolute Gasteiger partial charge is 0.477 e. The van der Waals surface area contributed by atoms with Crippen LogP contribution in [0.4, 0.5) is 0 Å². The zero-order valence-corrected chi connectivity index (χ0v) is 12.9. The number of nitrogens with zero attached hydrogens (tertiary/aromatic N) is 1. The maximum absolute atomic E-state index is 11.9. The normalized spacial score (nSPS) is 15.3. The van der Waals surface area contributed by atoms with Crippen molar-refractivity contribution >= 4 is 33.2 Å². The van der Waals surface area contributed by atoms with Crippen molar-refractivity contribution in [2.24, 2.45) is 0 Å². The number of sulfonamides is 1. The number of nitrogens with one attached hydrogen (secondary N) is 1. The number of carbonyl (C=O) groups excluding carboxylic acids is 1. The highest BCUT2D eigenvalue weighted by Gasteiger charge is 2.20. The monoisotopic (exact) mass is 332 g/mol. The van der Waals surface area contributed by atoms with E-state index >= 15 is 0 Å². The molecule has 1 amide bonds. The van der Waals surface area contributed by atoms with Crippen molar-refractivity contribution in [2.75, 3.05) is 19.6 Å². The molecule has 1 aliphatic heterocycles. The fourth-order valence-corrected chi connectivity index (χ4v) is 4.22. The second kappa shape index (κ2) is 6.54. The zero-order valence-electron chi connectivity index (χ0n) is 11.2. The van der Waals surface area contributed by atoms with Crippen molar-refractivity contribution in [3.63, 3.8) is 0 Å². The molecular weight excluding hydrogens is 316 g/mol. The molecule has 0 spiro atoms. The van der Waals surface area contributed by atoms with Gasteiger partial charge in [0.15, 0.2) is 0 Å². The Bertz CT molecular complexity index is 632. The number of thiophene rings is 1. The molecule has 1 aromatic heterocycles. The van der Waals surface area contributed by atoms with Crippen LogP contribution >= 0.6 is 11.3 Å². The fourth-order valence-electron chi connectivity index (χ4n) is 2.07. The van der Waals surface area contributed by atoms with Gasteiger partial charge in [0.2, 0.25) is 15.9 Å². The number of likely N-dealkylation sites (tertiary alicyclic amines) is 1. The van der Waals surface area contributed by atoms with Gasteiger partial charge in [-0.05, 0) is 18.9 Å². The molecule has 0 radical (unpaired) electrons. The molecule has 21 heavy (non-hydrogen) atoms. The lowest BCUT2D eigenvalue weighted by Gasteiger charge is -2.15. The molecule has 0 aromatic carbocycles. The number of rotatable bonds is 6. The molecule has 1 fully saturated rings.